The van der Waals surface area contributed by atoms with Gasteiger partial charge in [0.15, 0.2) is 0 Å². The van der Waals surface area contributed by atoms with Crippen molar-refractivity contribution in [2.45, 2.75) is 18.4 Å². The van der Waals surface area contributed by atoms with E-state index in [1.54, 1.807) is 11.7 Å². The quantitative estimate of drug-likeness (QED) is 0.777. The molecular weight excluding hydrogens is 198 g/mol. The molecule has 1 amide bonds. The predicted molar refractivity (Wildman–Crippen MR) is 54.9 cm³/mol. The highest BCUT2D eigenvalue weighted by atomic mass is 32.1. The van der Waals surface area contributed by atoms with Crippen LogP contribution in [-0.2, 0) is 10.3 Å². The van der Waals surface area contributed by atoms with Crippen molar-refractivity contribution in [1.29, 1.82) is 0 Å². The van der Waals surface area contributed by atoms with Crippen molar-refractivity contribution >= 4 is 17.2 Å². The Labute approximate surface area is 86.7 Å². The average molecular weight is 211 g/mol. The van der Waals surface area contributed by atoms with Crippen LogP contribution in [0.1, 0.15) is 17.7 Å². The zero-order valence-corrected chi connectivity index (χ0v) is 8.88. The van der Waals surface area contributed by atoms with Crippen molar-refractivity contribution < 1.29 is 4.79 Å². The summed E-state index contributed by atoms with van der Waals surface area (Å²) in [4.78, 5) is 18.6. The number of hydrogen-bond donors (Lipinski definition) is 1. The Morgan fingerprint density at radius 3 is 3.00 bits per heavy atom. The lowest BCUT2D eigenvalue weighted by molar-refractivity contribution is -0.128. The van der Waals surface area contributed by atoms with Gasteiger partial charge in [0.1, 0.15) is 5.54 Å². The van der Waals surface area contributed by atoms with Gasteiger partial charge in [0.2, 0.25) is 5.91 Å². The van der Waals surface area contributed by atoms with Crippen LogP contribution in [0.3, 0.4) is 0 Å². The molecule has 0 saturated carbocycles. The Balaban J connectivity index is 2.46. The van der Waals surface area contributed by atoms with Gasteiger partial charge in [-0.1, -0.05) is 0 Å². The maximum absolute atomic E-state index is 11.6. The van der Waals surface area contributed by atoms with Crippen LogP contribution >= 0.6 is 11.3 Å². The third kappa shape index (κ3) is 1.16. The SMILES string of the molecule is CN1CCC[C@]1(C(N)=O)c1cncs1. The van der Waals surface area contributed by atoms with Crippen LogP contribution < -0.4 is 5.73 Å². The van der Waals surface area contributed by atoms with Gasteiger partial charge in [0.25, 0.3) is 0 Å². The van der Waals surface area contributed by atoms with Gasteiger partial charge in [-0.2, -0.15) is 0 Å². The van der Waals surface area contributed by atoms with Crippen molar-refractivity contribution in [1.82, 2.24) is 9.88 Å². The molecule has 2 heterocycles. The van der Waals surface area contributed by atoms with E-state index < -0.39 is 5.54 Å². The van der Waals surface area contributed by atoms with Crippen molar-refractivity contribution in [3.05, 3.63) is 16.6 Å². The summed E-state index contributed by atoms with van der Waals surface area (Å²) in [5, 5.41) is 0. The highest BCUT2D eigenvalue weighted by Gasteiger charge is 2.46. The number of nitrogens with zero attached hydrogens (tertiary/aromatic N) is 2. The molecule has 1 atom stereocenters. The molecule has 0 bridgehead atoms. The molecule has 0 radical (unpaired) electrons. The molecular formula is C9H13N3OS. The minimum absolute atomic E-state index is 0.262. The lowest BCUT2D eigenvalue weighted by Gasteiger charge is -2.31. The fraction of sp³-hybridized carbons (Fsp3) is 0.556. The number of nitrogens with two attached hydrogens (primary N) is 1. The molecule has 14 heavy (non-hydrogen) atoms. The molecule has 4 nitrogen and oxygen atoms in total. The predicted octanol–water partition coefficient (Wildman–Crippen LogP) is 0.549. The first-order chi connectivity index (χ1) is 6.68. The van der Waals surface area contributed by atoms with E-state index in [1.165, 1.54) is 11.3 Å². The minimum Gasteiger partial charge on any atom is -0.368 e. The van der Waals surface area contributed by atoms with Crippen LogP contribution in [0.4, 0.5) is 0 Å². The Hall–Kier alpha value is -0.940. The van der Waals surface area contributed by atoms with Crippen LogP contribution in [0.5, 0.6) is 0 Å². The molecule has 76 valence electrons. The monoisotopic (exact) mass is 211 g/mol. The summed E-state index contributed by atoms with van der Waals surface area (Å²) in [6.45, 7) is 0.918. The maximum atomic E-state index is 11.6. The van der Waals surface area contributed by atoms with Gasteiger partial charge in [-0.15, -0.1) is 11.3 Å². The van der Waals surface area contributed by atoms with E-state index in [2.05, 4.69) is 4.98 Å². The summed E-state index contributed by atoms with van der Waals surface area (Å²) in [7, 11) is 1.94. The van der Waals surface area contributed by atoms with E-state index in [-0.39, 0.29) is 5.91 Å². The van der Waals surface area contributed by atoms with E-state index in [4.69, 9.17) is 5.73 Å². The molecule has 1 saturated heterocycles. The second kappa shape index (κ2) is 3.33. The lowest BCUT2D eigenvalue weighted by atomic mass is 9.94. The summed E-state index contributed by atoms with van der Waals surface area (Å²) in [6, 6.07) is 0. The molecule has 1 aromatic rings. The van der Waals surface area contributed by atoms with Crippen LogP contribution in [-0.4, -0.2) is 29.4 Å². The van der Waals surface area contributed by atoms with Crippen LogP contribution in [0.2, 0.25) is 0 Å². The van der Waals surface area contributed by atoms with Crippen LogP contribution in [0.15, 0.2) is 11.7 Å². The van der Waals surface area contributed by atoms with E-state index in [0.29, 0.717) is 0 Å². The molecule has 2 N–H and O–H groups in total. The van der Waals surface area contributed by atoms with Crippen molar-refractivity contribution in [3.8, 4) is 0 Å². The highest BCUT2D eigenvalue weighted by Crippen LogP contribution is 2.39. The van der Waals surface area contributed by atoms with Gasteiger partial charge < -0.3 is 5.73 Å². The van der Waals surface area contributed by atoms with Gasteiger partial charge in [0.05, 0.1) is 10.4 Å². The number of amides is 1. The zero-order valence-electron chi connectivity index (χ0n) is 8.06. The standard InChI is InChI=1S/C9H13N3OS/c1-12-4-2-3-9(12,8(10)13)7-5-11-6-14-7/h5-6H,2-4H2,1H3,(H2,10,13)/t9-/m1/s1. The number of aromatic nitrogens is 1. The van der Waals surface area contributed by atoms with Crippen molar-refractivity contribution in [3.63, 3.8) is 0 Å². The number of likely N-dealkylation sites (N-methyl/N-ethyl adjacent to an activating group) is 1. The summed E-state index contributed by atoms with van der Waals surface area (Å²) in [5.41, 5.74) is 6.66. The van der Waals surface area contributed by atoms with Gasteiger partial charge in [-0.05, 0) is 26.4 Å². The van der Waals surface area contributed by atoms with E-state index in [0.717, 1.165) is 24.3 Å². The molecule has 0 unspecified atom stereocenters. The van der Waals surface area contributed by atoms with Crippen LogP contribution in [0, 0.1) is 0 Å². The molecule has 5 heteroatoms. The number of rotatable bonds is 2. The first-order valence-electron chi connectivity index (χ1n) is 4.58. The number of hydrogen-bond acceptors (Lipinski definition) is 4. The molecule has 0 aliphatic carbocycles. The van der Waals surface area contributed by atoms with Crippen molar-refractivity contribution in [2.75, 3.05) is 13.6 Å². The van der Waals surface area contributed by atoms with E-state index in [1.807, 2.05) is 11.9 Å². The number of thiazole rings is 1. The Bertz CT molecular complexity index is 338. The largest absolute Gasteiger partial charge is 0.368 e. The van der Waals surface area contributed by atoms with Gasteiger partial charge >= 0.3 is 0 Å². The summed E-state index contributed by atoms with van der Waals surface area (Å²) < 4.78 is 0. The van der Waals surface area contributed by atoms with Crippen molar-refractivity contribution in [2.24, 2.45) is 5.73 Å². The first kappa shape index (κ1) is 9.61. The lowest BCUT2D eigenvalue weighted by Crippen LogP contribution is -2.49. The first-order valence-corrected chi connectivity index (χ1v) is 5.46. The number of carbonyl (C=O) groups is 1. The third-order valence-corrected chi connectivity index (χ3v) is 3.86. The molecule has 0 spiro atoms. The second-order valence-electron chi connectivity index (χ2n) is 3.62. The maximum Gasteiger partial charge on any atom is 0.243 e. The smallest absolute Gasteiger partial charge is 0.243 e. The molecule has 2 rings (SSSR count). The number of primary amides is 1. The minimum atomic E-state index is -0.596. The van der Waals surface area contributed by atoms with Crippen LogP contribution in [0.25, 0.3) is 0 Å². The Morgan fingerprint density at radius 1 is 1.79 bits per heavy atom. The second-order valence-corrected chi connectivity index (χ2v) is 4.50. The molecule has 1 aliphatic heterocycles. The van der Waals surface area contributed by atoms with E-state index in [9.17, 15) is 4.79 Å². The number of likely N-dealkylation sites (tertiary alicyclic amines) is 1. The normalized spacial score (nSPS) is 28.1. The third-order valence-electron chi connectivity index (χ3n) is 2.93. The summed E-state index contributed by atoms with van der Waals surface area (Å²) in [6.07, 6.45) is 3.57. The number of carbonyl (C=O) groups excluding carboxylic acids is 1. The topological polar surface area (TPSA) is 59.2 Å². The highest BCUT2D eigenvalue weighted by molar-refractivity contribution is 7.09. The van der Waals surface area contributed by atoms with Gasteiger partial charge in [-0.25, -0.2) is 0 Å². The molecule has 1 fully saturated rings. The fourth-order valence-corrected chi connectivity index (χ4v) is 3.03. The molecule has 0 aromatic carbocycles. The van der Waals surface area contributed by atoms with Gasteiger partial charge in [0, 0.05) is 6.20 Å². The van der Waals surface area contributed by atoms with E-state index >= 15 is 0 Å². The summed E-state index contributed by atoms with van der Waals surface area (Å²) >= 11 is 1.50. The zero-order chi connectivity index (χ0) is 10.2. The molecule has 1 aromatic heterocycles. The molecule has 1 aliphatic rings. The summed E-state index contributed by atoms with van der Waals surface area (Å²) in [5.74, 6) is -0.262. The Morgan fingerprint density at radius 2 is 2.57 bits per heavy atom. The average Bonchev–Trinajstić information content (AvgIpc) is 2.72. The fourth-order valence-electron chi connectivity index (χ4n) is 2.12. The Kier molecular flexibility index (Phi) is 2.28. The van der Waals surface area contributed by atoms with Gasteiger partial charge in [-0.3, -0.25) is 14.7 Å².